The van der Waals surface area contributed by atoms with Crippen LogP contribution in [0.4, 0.5) is 0 Å². The van der Waals surface area contributed by atoms with Crippen molar-refractivity contribution < 1.29 is 15.0 Å². The lowest BCUT2D eigenvalue weighted by atomic mass is 10.0. The molecular weight excluding hydrogens is 807 g/mol. The Balaban J connectivity index is 3.42. The third-order valence-corrected chi connectivity index (χ3v) is 14.8. The van der Waals surface area contributed by atoms with Crippen LogP contribution in [-0.4, -0.2) is 34.9 Å². The van der Waals surface area contributed by atoms with Crippen LogP contribution in [0.1, 0.15) is 361 Å². The normalized spacial score (nSPS) is 12.7. The summed E-state index contributed by atoms with van der Waals surface area (Å²) in [6, 6.07) is -0.619. The fraction of sp³-hybridized carbons (Fsp3) is 0.952. The molecule has 0 rings (SSSR count). The van der Waals surface area contributed by atoms with Crippen LogP contribution < -0.4 is 5.32 Å². The van der Waals surface area contributed by atoms with Crippen LogP contribution in [0.2, 0.25) is 0 Å². The van der Waals surface area contributed by atoms with Crippen molar-refractivity contribution in [1.82, 2.24) is 5.32 Å². The second-order valence-corrected chi connectivity index (χ2v) is 21.5. The first kappa shape index (κ1) is 65.1. The van der Waals surface area contributed by atoms with Crippen LogP contribution in [0.25, 0.3) is 0 Å². The summed E-state index contributed by atoms with van der Waals surface area (Å²) in [5.41, 5.74) is 0. The standard InChI is InChI=1S/C62H123NO3/c1-3-5-7-9-11-13-15-17-19-21-23-25-27-29-30-31-32-34-36-38-40-42-44-46-48-50-52-54-56-58-62(66)63-60(59-64)61(65)57-55-53-51-49-47-45-43-41-39-37-35-33-28-26-24-22-20-18-16-14-12-10-8-6-4-2/h55,57,60-61,64-65H,3-54,56,58-59H2,1-2H3,(H,63,66)/b57-55+. The first-order chi connectivity index (χ1) is 32.7. The molecule has 0 saturated carbocycles. The summed E-state index contributed by atoms with van der Waals surface area (Å²) in [7, 11) is 0. The van der Waals surface area contributed by atoms with Crippen LogP contribution >= 0.6 is 0 Å². The van der Waals surface area contributed by atoms with Crippen molar-refractivity contribution in [3.8, 4) is 0 Å². The highest BCUT2D eigenvalue weighted by molar-refractivity contribution is 5.76. The van der Waals surface area contributed by atoms with Crippen molar-refractivity contribution in [3.63, 3.8) is 0 Å². The van der Waals surface area contributed by atoms with Crippen molar-refractivity contribution in [2.45, 2.75) is 373 Å². The summed E-state index contributed by atoms with van der Waals surface area (Å²) in [4.78, 5) is 12.5. The third-order valence-electron chi connectivity index (χ3n) is 14.8. The minimum atomic E-state index is -0.836. The Morgan fingerprint density at radius 2 is 0.561 bits per heavy atom. The first-order valence-electron chi connectivity index (χ1n) is 30.9. The van der Waals surface area contributed by atoms with Gasteiger partial charge < -0.3 is 15.5 Å². The molecule has 394 valence electrons. The van der Waals surface area contributed by atoms with E-state index in [1.807, 2.05) is 6.08 Å². The van der Waals surface area contributed by atoms with Gasteiger partial charge in [-0.1, -0.05) is 347 Å². The molecule has 0 aliphatic rings. The van der Waals surface area contributed by atoms with E-state index >= 15 is 0 Å². The zero-order chi connectivity index (χ0) is 47.7. The van der Waals surface area contributed by atoms with Crippen molar-refractivity contribution >= 4 is 5.91 Å². The average Bonchev–Trinajstić information content (AvgIpc) is 3.32. The molecule has 2 atom stereocenters. The number of aliphatic hydroxyl groups excluding tert-OH is 2. The van der Waals surface area contributed by atoms with Gasteiger partial charge in [-0.05, 0) is 19.3 Å². The van der Waals surface area contributed by atoms with Crippen LogP contribution in [0.3, 0.4) is 0 Å². The summed E-state index contributed by atoms with van der Waals surface area (Å²) in [6.07, 6.45) is 76.9. The number of carbonyl (C=O) groups excluding carboxylic acids is 1. The number of nitrogens with one attached hydrogen (secondary N) is 1. The van der Waals surface area contributed by atoms with Crippen molar-refractivity contribution in [2.24, 2.45) is 0 Å². The lowest BCUT2D eigenvalue weighted by Crippen LogP contribution is -2.45. The van der Waals surface area contributed by atoms with Gasteiger partial charge in [-0.25, -0.2) is 0 Å². The summed E-state index contributed by atoms with van der Waals surface area (Å²) in [5.74, 6) is -0.0543. The van der Waals surface area contributed by atoms with E-state index in [0.717, 1.165) is 25.7 Å². The van der Waals surface area contributed by atoms with Crippen molar-refractivity contribution in [1.29, 1.82) is 0 Å². The molecule has 0 aliphatic heterocycles. The van der Waals surface area contributed by atoms with Crippen LogP contribution in [0, 0.1) is 0 Å². The molecule has 0 heterocycles. The van der Waals surface area contributed by atoms with E-state index in [4.69, 9.17) is 0 Å². The summed E-state index contributed by atoms with van der Waals surface area (Å²) >= 11 is 0. The van der Waals surface area contributed by atoms with Gasteiger partial charge in [-0.2, -0.15) is 0 Å². The van der Waals surface area contributed by atoms with Gasteiger partial charge >= 0.3 is 0 Å². The van der Waals surface area contributed by atoms with Gasteiger partial charge in [-0.15, -0.1) is 0 Å². The minimum Gasteiger partial charge on any atom is -0.394 e. The van der Waals surface area contributed by atoms with Gasteiger partial charge in [0.05, 0.1) is 18.8 Å². The molecule has 0 fully saturated rings. The molecule has 4 nitrogen and oxygen atoms in total. The number of allylic oxidation sites excluding steroid dienone is 1. The van der Waals surface area contributed by atoms with E-state index in [9.17, 15) is 15.0 Å². The van der Waals surface area contributed by atoms with Crippen molar-refractivity contribution in [3.05, 3.63) is 12.2 Å². The van der Waals surface area contributed by atoms with Crippen LogP contribution in [0.15, 0.2) is 12.2 Å². The highest BCUT2D eigenvalue weighted by Gasteiger charge is 2.18. The first-order valence-corrected chi connectivity index (χ1v) is 30.9. The van der Waals surface area contributed by atoms with Gasteiger partial charge in [0.2, 0.25) is 5.91 Å². The molecule has 66 heavy (non-hydrogen) atoms. The van der Waals surface area contributed by atoms with Crippen LogP contribution in [-0.2, 0) is 4.79 Å². The van der Waals surface area contributed by atoms with Gasteiger partial charge in [0.1, 0.15) is 0 Å². The van der Waals surface area contributed by atoms with Gasteiger partial charge in [0, 0.05) is 6.42 Å². The molecule has 1 amide bonds. The lowest BCUT2D eigenvalue weighted by molar-refractivity contribution is -0.123. The van der Waals surface area contributed by atoms with Crippen molar-refractivity contribution in [2.75, 3.05) is 6.61 Å². The predicted molar refractivity (Wildman–Crippen MR) is 295 cm³/mol. The molecular formula is C62H123NO3. The molecule has 4 heteroatoms. The number of hydrogen-bond donors (Lipinski definition) is 3. The molecule has 0 bridgehead atoms. The van der Waals surface area contributed by atoms with Gasteiger partial charge in [0.25, 0.3) is 0 Å². The molecule has 0 aromatic rings. The Morgan fingerprint density at radius 3 is 0.788 bits per heavy atom. The van der Waals surface area contributed by atoms with E-state index in [0.29, 0.717) is 6.42 Å². The summed E-state index contributed by atoms with van der Waals surface area (Å²) in [6.45, 7) is 4.36. The predicted octanol–water partition coefficient (Wildman–Crippen LogP) is 20.5. The molecule has 3 N–H and O–H groups in total. The Morgan fingerprint density at radius 1 is 0.348 bits per heavy atom. The average molecular weight is 931 g/mol. The Labute approximate surface area is 416 Å². The van der Waals surface area contributed by atoms with E-state index in [-0.39, 0.29) is 12.5 Å². The molecule has 0 aromatic carbocycles. The lowest BCUT2D eigenvalue weighted by Gasteiger charge is -2.20. The summed E-state index contributed by atoms with van der Waals surface area (Å²) < 4.78 is 0. The largest absolute Gasteiger partial charge is 0.394 e. The Hall–Kier alpha value is -0.870. The summed E-state index contributed by atoms with van der Waals surface area (Å²) in [5, 5.41) is 23.2. The van der Waals surface area contributed by atoms with E-state index < -0.39 is 12.1 Å². The number of amides is 1. The molecule has 0 aromatic heterocycles. The maximum atomic E-state index is 12.5. The maximum Gasteiger partial charge on any atom is 0.220 e. The van der Waals surface area contributed by atoms with Gasteiger partial charge in [-0.3, -0.25) is 4.79 Å². The maximum absolute atomic E-state index is 12.5. The van der Waals surface area contributed by atoms with Gasteiger partial charge in [0.15, 0.2) is 0 Å². The van der Waals surface area contributed by atoms with E-state index in [2.05, 4.69) is 19.2 Å². The fourth-order valence-electron chi connectivity index (χ4n) is 10.1. The molecule has 0 spiro atoms. The SMILES string of the molecule is CCCCCCCCCCCCCCCCCCCCCCCCC/C=C/C(O)C(CO)NC(=O)CCCCCCCCCCCCCCCCCCCCCCCCCCCCCCC. The highest BCUT2D eigenvalue weighted by atomic mass is 16.3. The Kier molecular flexibility index (Phi) is 57.7. The zero-order valence-corrected chi connectivity index (χ0v) is 45.5. The molecule has 0 aliphatic carbocycles. The third kappa shape index (κ3) is 54.1. The fourth-order valence-corrected chi connectivity index (χ4v) is 10.1. The number of aliphatic hydroxyl groups is 2. The molecule has 2 unspecified atom stereocenters. The second kappa shape index (κ2) is 58.4. The molecule has 0 radical (unpaired) electrons. The molecule has 0 saturated heterocycles. The number of rotatable bonds is 58. The minimum absolute atomic E-state index is 0.0543. The number of hydrogen-bond acceptors (Lipinski definition) is 3. The zero-order valence-electron chi connectivity index (χ0n) is 45.5. The quantitative estimate of drug-likeness (QED) is 0.0420. The van der Waals surface area contributed by atoms with Crippen LogP contribution in [0.5, 0.6) is 0 Å². The Bertz CT molecular complexity index is 921. The van der Waals surface area contributed by atoms with E-state index in [1.54, 1.807) is 6.08 Å². The number of unbranched alkanes of at least 4 members (excludes halogenated alkanes) is 51. The monoisotopic (exact) mass is 930 g/mol. The topological polar surface area (TPSA) is 69.6 Å². The highest BCUT2D eigenvalue weighted by Crippen LogP contribution is 2.19. The van der Waals surface area contributed by atoms with E-state index in [1.165, 1.54) is 315 Å². The second-order valence-electron chi connectivity index (χ2n) is 21.5. The number of carbonyl (C=O) groups is 1. The smallest absolute Gasteiger partial charge is 0.220 e.